The molecular formula is C34H38O3. The number of aryl methyl sites for hydroxylation is 2. The first-order chi connectivity index (χ1) is 17.9. The fraction of sp³-hybridized carbons (Fsp3) is 0.441. The molecule has 4 bridgehead atoms. The summed E-state index contributed by atoms with van der Waals surface area (Å²) in [6.45, 7) is 6.30. The highest BCUT2D eigenvalue weighted by Gasteiger charge is 2.57. The van der Waals surface area contributed by atoms with Crippen molar-refractivity contribution in [2.45, 2.75) is 64.4 Å². The summed E-state index contributed by atoms with van der Waals surface area (Å²) in [4.78, 5) is 13.0. The van der Waals surface area contributed by atoms with Gasteiger partial charge in [0.15, 0.2) is 6.61 Å². The van der Waals surface area contributed by atoms with Gasteiger partial charge in [-0.25, -0.2) is 4.79 Å². The predicted molar refractivity (Wildman–Crippen MR) is 147 cm³/mol. The second kappa shape index (κ2) is 9.67. The van der Waals surface area contributed by atoms with Crippen molar-refractivity contribution in [1.82, 2.24) is 0 Å². The van der Waals surface area contributed by atoms with Crippen molar-refractivity contribution in [1.29, 1.82) is 0 Å². The van der Waals surface area contributed by atoms with Crippen LogP contribution in [-0.4, -0.2) is 18.2 Å². The lowest BCUT2D eigenvalue weighted by Crippen LogP contribution is -2.58. The predicted octanol–water partition coefficient (Wildman–Crippen LogP) is 7.62. The van der Waals surface area contributed by atoms with Gasteiger partial charge in [-0.05, 0) is 104 Å². The summed E-state index contributed by atoms with van der Waals surface area (Å²) in [5.41, 5.74) is 5.51. The van der Waals surface area contributed by atoms with E-state index in [-0.39, 0.29) is 24.1 Å². The van der Waals surface area contributed by atoms with Gasteiger partial charge in [0.25, 0.3) is 0 Å². The van der Waals surface area contributed by atoms with E-state index in [1.165, 1.54) is 48.8 Å². The van der Waals surface area contributed by atoms with Crippen LogP contribution in [0.4, 0.5) is 0 Å². The highest BCUT2D eigenvalue weighted by Crippen LogP contribution is 2.59. The van der Waals surface area contributed by atoms with E-state index in [9.17, 15) is 4.79 Å². The van der Waals surface area contributed by atoms with Crippen LogP contribution in [0.25, 0.3) is 0 Å². The molecule has 192 valence electrons. The van der Waals surface area contributed by atoms with E-state index in [1.54, 1.807) is 0 Å². The Morgan fingerprint density at radius 2 is 1.27 bits per heavy atom. The summed E-state index contributed by atoms with van der Waals surface area (Å²) >= 11 is 0. The average Bonchev–Trinajstić information content (AvgIpc) is 2.88. The van der Waals surface area contributed by atoms with Crippen LogP contribution in [0, 0.1) is 37.5 Å². The lowest BCUT2D eigenvalue weighted by molar-refractivity contribution is -0.204. The highest BCUT2D eigenvalue weighted by molar-refractivity contribution is 5.72. The molecule has 7 rings (SSSR count). The third-order valence-electron chi connectivity index (χ3n) is 9.51. The third kappa shape index (κ3) is 4.58. The number of esters is 1. The molecule has 0 heterocycles. The number of rotatable bonds is 7. The fourth-order valence-corrected chi connectivity index (χ4v) is 7.94. The Kier molecular flexibility index (Phi) is 6.34. The Labute approximate surface area is 221 Å². The maximum atomic E-state index is 13.0. The quantitative estimate of drug-likeness (QED) is 0.250. The largest absolute Gasteiger partial charge is 0.481 e. The Hall–Kier alpha value is -3.07. The molecule has 0 aliphatic heterocycles. The Balaban J connectivity index is 1.19. The van der Waals surface area contributed by atoms with E-state index >= 15 is 0 Å². The SMILES string of the molecule is Cc1cc(C(c2ccccc2)c2ccccc2)cc(C)c1OCC(=O)OC1(C)C2CC3CC(C2)CC1C3. The van der Waals surface area contributed by atoms with Crippen LogP contribution in [0.5, 0.6) is 5.75 Å². The van der Waals surface area contributed by atoms with E-state index in [0.29, 0.717) is 11.8 Å². The van der Waals surface area contributed by atoms with E-state index < -0.39 is 0 Å². The maximum absolute atomic E-state index is 13.0. The smallest absolute Gasteiger partial charge is 0.344 e. The molecule has 4 aliphatic carbocycles. The van der Waals surface area contributed by atoms with Gasteiger partial charge in [0.05, 0.1) is 0 Å². The molecule has 4 aliphatic rings. The number of benzene rings is 3. The summed E-state index contributed by atoms with van der Waals surface area (Å²) in [6, 6.07) is 25.7. The molecule has 37 heavy (non-hydrogen) atoms. The van der Waals surface area contributed by atoms with Crippen LogP contribution in [0.2, 0.25) is 0 Å². The number of hydrogen-bond acceptors (Lipinski definition) is 3. The van der Waals surface area contributed by atoms with E-state index in [0.717, 1.165) is 28.7 Å². The molecule has 0 spiro atoms. The Morgan fingerprint density at radius 1 is 0.784 bits per heavy atom. The average molecular weight is 495 g/mol. The van der Waals surface area contributed by atoms with Crippen LogP contribution in [0.15, 0.2) is 72.8 Å². The van der Waals surface area contributed by atoms with Gasteiger partial charge in [-0.2, -0.15) is 0 Å². The second-order valence-electron chi connectivity index (χ2n) is 12.0. The summed E-state index contributed by atoms with van der Waals surface area (Å²) in [7, 11) is 0. The minimum Gasteiger partial charge on any atom is -0.481 e. The van der Waals surface area contributed by atoms with Crippen molar-refractivity contribution in [2.24, 2.45) is 23.7 Å². The molecule has 3 aromatic carbocycles. The lowest BCUT2D eigenvalue weighted by Gasteiger charge is -2.59. The molecule has 0 saturated heterocycles. The van der Waals surface area contributed by atoms with Gasteiger partial charge in [-0.3, -0.25) is 0 Å². The minimum atomic E-state index is -0.319. The first-order valence-electron chi connectivity index (χ1n) is 14.0. The zero-order valence-corrected chi connectivity index (χ0v) is 22.3. The number of hydrogen-bond donors (Lipinski definition) is 0. The standard InChI is InChI=1S/C34H38O3/c1-22-14-28(32(26-10-6-4-7-11-26)27-12-8-5-9-13-27)15-23(2)33(22)36-21-31(35)37-34(3)29-17-24-16-25(19-29)20-30(34)18-24/h4-15,24-25,29-30,32H,16-21H2,1-3H3. The monoisotopic (exact) mass is 494 g/mol. The molecule has 4 fully saturated rings. The van der Waals surface area contributed by atoms with Gasteiger partial charge in [0.1, 0.15) is 11.4 Å². The first-order valence-corrected chi connectivity index (χ1v) is 14.0. The Bertz CT molecular complexity index is 1170. The second-order valence-corrected chi connectivity index (χ2v) is 12.0. The highest BCUT2D eigenvalue weighted by atomic mass is 16.6. The molecular weight excluding hydrogens is 456 g/mol. The molecule has 3 aromatic rings. The third-order valence-corrected chi connectivity index (χ3v) is 9.51. The van der Waals surface area contributed by atoms with Crippen LogP contribution in [-0.2, 0) is 9.53 Å². The van der Waals surface area contributed by atoms with Crippen molar-refractivity contribution in [3.8, 4) is 5.75 Å². The summed E-state index contributed by atoms with van der Waals surface area (Å²) in [5.74, 6) is 3.43. The van der Waals surface area contributed by atoms with Crippen molar-refractivity contribution in [3.63, 3.8) is 0 Å². The number of carbonyl (C=O) groups is 1. The van der Waals surface area contributed by atoms with Crippen molar-refractivity contribution < 1.29 is 14.3 Å². The van der Waals surface area contributed by atoms with Gasteiger partial charge >= 0.3 is 5.97 Å². The fourth-order valence-electron chi connectivity index (χ4n) is 7.94. The maximum Gasteiger partial charge on any atom is 0.344 e. The van der Waals surface area contributed by atoms with Gasteiger partial charge in [-0.1, -0.05) is 72.8 Å². The van der Waals surface area contributed by atoms with Crippen molar-refractivity contribution in [2.75, 3.05) is 6.61 Å². The molecule has 4 saturated carbocycles. The van der Waals surface area contributed by atoms with Crippen molar-refractivity contribution >= 4 is 5.97 Å². The summed E-state index contributed by atoms with van der Waals surface area (Å²) < 4.78 is 12.4. The lowest BCUT2D eigenvalue weighted by atomic mass is 9.50. The van der Waals surface area contributed by atoms with Crippen LogP contribution < -0.4 is 4.74 Å². The van der Waals surface area contributed by atoms with Gasteiger partial charge in [0, 0.05) is 5.92 Å². The van der Waals surface area contributed by atoms with Gasteiger partial charge < -0.3 is 9.47 Å². The molecule has 0 radical (unpaired) electrons. The first kappa shape index (κ1) is 24.3. The minimum absolute atomic E-state index is 0.0380. The van der Waals surface area contributed by atoms with Gasteiger partial charge in [-0.15, -0.1) is 0 Å². The van der Waals surface area contributed by atoms with E-state index in [4.69, 9.17) is 9.47 Å². The molecule has 0 amide bonds. The molecule has 0 N–H and O–H groups in total. The van der Waals surface area contributed by atoms with Gasteiger partial charge in [0.2, 0.25) is 0 Å². The summed E-state index contributed by atoms with van der Waals surface area (Å²) in [5, 5.41) is 0. The molecule has 3 nitrogen and oxygen atoms in total. The molecule has 0 atom stereocenters. The Morgan fingerprint density at radius 3 is 1.76 bits per heavy atom. The molecule has 0 unspecified atom stereocenters. The zero-order chi connectivity index (χ0) is 25.6. The topological polar surface area (TPSA) is 35.5 Å². The van der Waals surface area contributed by atoms with Crippen LogP contribution in [0.1, 0.15) is 72.8 Å². The van der Waals surface area contributed by atoms with Crippen molar-refractivity contribution in [3.05, 3.63) is 101 Å². The van der Waals surface area contributed by atoms with E-state index in [1.807, 2.05) is 0 Å². The van der Waals surface area contributed by atoms with E-state index in [2.05, 4.69) is 93.6 Å². The zero-order valence-electron chi connectivity index (χ0n) is 22.3. The van der Waals surface area contributed by atoms with Crippen LogP contribution >= 0.6 is 0 Å². The number of ether oxygens (including phenoxy) is 2. The molecule has 0 aromatic heterocycles. The van der Waals surface area contributed by atoms with Crippen LogP contribution in [0.3, 0.4) is 0 Å². The summed E-state index contributed by atoms with van der Waals surface area (Å²) in [6.07, 6.45) is 6.29. The molecule has 3 heteroatoms. The normalized spacial score (nSPS) is 27.9. The number of carbonyl (C=O) groups excluding carboxylic acids is 1.